The molecular formula is C15H24N2O3. The van der Waals surface area contributed by atoms with Crippen LogP contribution in [-0.4, -0.2) is 24.3 Å². The molecule has 3 N–H and O–H groups in total. The van der Waals surface area contributed by atoms with Gasteiger partial charge in [0.2, 0.25) is 0 Å². The molecule has 1 aromatic rings. The van der Waals surface area contributed by atoms with Gasteiger partial charge in [-0.25, -0.2) is 4.79 Å². The number of carbonyl (C=O) groups excluding carboxylic acids is 1. The fourth-order valence-corrected chi connectivity index (χ4v) is 1.69. The van der Waals surface area contributed by atoms with Crippen LogP contribution in [0.15, 0.2) is 28.4 Å². The zero-order valence-electron chi connectivity index (χ0n) is 12.6. The predicted octanol–water partition coefficient (Wildman–Crippen LogP) is 2.93. The second-order valence-corrected chi connectivity index (χ2v) is 5.85. The smallest absolute Gasteiger partial charge is 0.407 e. The van der Waals surface area contributed by atoms with Crippen LogP contribution in [0.5, 0.6) is 0 Å². The minimum Gasteiger partial charge on any atom is -0.465 e. The van der Waals surface area contributed by atoms with E-state index in [1.807, 2.05) is 45.9 Å². The molecule has 0 saturated heterocycles. The Balaban J connectivity index is 2.33. The molecule has 0 fully saturated rings. The molecule has 5 nitrogen and oxygen atoms in total. The molecule has 0 aliphatic carbocycles. The van der Waals surface area contributed by atoms with Crippen LogP contribution in [0.3, 0.4) is 0 Å². The van der Waals surface area contributed by atoms with E-state index < -0.39 is 11.7 Å². The van der Waals surface area contributed by atoms with E-state index in [0.717, 1.165) is 11.3 Å². The average Bonchev–Trinajstić information content (AvgIpc) is 2.76. The highest BCUT2D eigenvalue weighted by molar-refractivity contribution is 5.67. The van der Waals surface area contributed by atoms with Crippen molar-refractivity contribution in [3.05, 3.63) is 29.7 Å². The quantitative estimate of drug-likeness (QED) is 0.869. The molecular weight excluding hydrogens is 256 g/mol. The Labute approximate surface area is 120 Å². The molecule has 5 heteroatoms. The number of carbonyl (C=O) groups is 1. The van der Waals surface area contributed by atoms with Crippen LogP contribution in [0, 0.1) is 0 Å². The summed E-state index contributed by atoms with van der Waals surface area (Å²) in [6.45, 7) is 7.82. The van der Waals surface area contributed by atoms with Crippen molar-refractivity contribution in [2.75, 3.05) is 6.54 Å². The monoisotopic (exact) mass is 280 g/mol. The van der Waals surface area contributed by atoms with Crippen molar-refractivity contribution in [1.82, 2.24) is 5.32 Å². The lowest BCUT2D eigenvalue weighted by atomic mass is 10.1. The molecule has 1 atom stereocenters. The lowest BCUT2D eigenvalue weighted by molar-refractivity contribution is 0.0524. The van der Waals surface area contributed by atoms with Crippen LogP contribution in [0.1, 0.15) is 39.9 Å². The second kappa shape index (κ2) is 7.14. The van der Waals surface area contributed by atoms with Crippen LogP contribution >= 0.6 is 0 Å². The van der Waals surface area contributed by atoms with E-state index in [9.17, 15) is 4.79 Å². The number of ether oxygens (including phenoxy) is 1. The van der Waals surface area contributed by atoms with Crippen LogP contribution in [0.25, 0.3) is 6.08 Å². The number of alkyl carbamates (subject to hydrolysis) is 1. The highest BCUT2D eigenvalue weighted by atomic mass is 16.6. The van der Waals surface area contributed by atoms with Gasteiger partial charge in [-0.3, -0.25) is 0 Å². The Bertz CT molecular complexity index is 444. The maximum absolute atomic E-state index is 11.5. The van der Waals surface area contributed by atoms with E-state index in [1.165, 1.54) is 0 Å². The molecule has 112 valence electrons. The normalized spacial score (nSPS) is 13.9. The molecule has 0 aliphatic rings. The maximum Gasteiger partial charge on any atom is 0.407 e. The first kappa shape index (κ1) is 16.3. The van der Waals surface area contributed by atoms with Crippen molar-refractivity contribution >= 4 is 12.2 Å². The van der Waals surface area contributed by atoms with Gasteiger partial charge in [0, 0.05) is 12.6 Å². The van der Waals surface area contributed by atoms with E-state index in [0.29, 0.717) is 13.0 Å². The van der Waals surface area contributed by atoms with Crippen molar-refractivity contribution in [2.45, 2.75) is 45.8 Å². The van der Waals surface area contributed by atoms with Gasteiger partial charge in [0.25, 0.3) is 0 Å². The number of amides is 1. The minimum atomic E-state index is -0.497. The summed E-state index contributed by atoms with van der Waals surface area (Å²) in [5, 5.41) is 2.67. The van der Waals surface area contributed by atoms with Gasteiger partial charge < -0.3 is 20.2 Å². The minimum absolute atomic E-state index is 0.159. The lowest BCUT2D eigenvalue weighted by Gasteiger charge is -2.20. The molecule has 0 aromatic carbocycles. The van der Waals surface area contributed by atoms with Gasteiger partial charge in [0.15, 0.2) is 0 Å². The predicted molar refractivity (Wildman–Crippen MR) is 79.2 cm³/mol. The number of rotatable bonds is 5. The van der Waals surface area contributed by atoms with E-state index in [4.69, 9.17) is 14.9 Å². The number of hydrogen-bond donors (Lipinski definition) is 2. The third kappa shape index (κ3) is 6.99. The van der Waals surface area contributed by atoms with Crippen molar-refractivity contribution in [1.29, 1.82) is 0 Å². The van der Waals surface area contributed by atoms with Gasteiger partial charge in [0.1, 0.15) is 11.4 Å². The molecule has 0 bridgehead atoms. The SMILES string of the molecule is C/C(=C\c1ccco1)CC(N)CNC(=O)OC(C)(C)C. The van der Waals surface area contributed by atoms with Crippen molar-refractivity contribution in [3.8, 4) is 0 Å². The summed E-state index contributed by atoms with van der Waals surface area (Å²) in [5.74, 6) is 0.801. The number of nitrogens with two attached hydrogens (primary N) is 1. The maximum atomic E-state index is 11.5. The Morgan fingerprint density at radius 1 is 1.55 bits per heavy atom. The fourth-order valence-electron chi connectivity index (χ4n) is 1.69. The van der Waals surface area contributed by atoms with Crippen LogP contribution in [-0.2, 0) is 4.74 Å². The van der Waals surface area contributed by atoms with E-state index >= 15 is 0 Å². The lowest BCUT2D eigenvalue weighted by Crippen LogP contribution is -2.40. The standard InChI is InChI=1S/C15H24N2O3/c1-11(9-13-6-5-7-19-13)8-12(16)10-17-14(18)20-15(2,3)4/h5-7,9,12H,8,10,16H2,1-4H3,(H,17,18)/b11-9+. The Morgan fingerprint density at radius 2 is 2.25 bits per heavy atom. The number of hydrogen-bond acceptors (Lipinski definition) is 4. The van der Waals surface area contributed by atoms with E-state index in [1.54, 1.807) is 6.26 Å². The first-order valence-corrected chi connectivity index (χ1v) is 6.69. The summed E-state index contributed by atoms with van der Waals surface area (Å²) >= 11 is 0. The third-order valence-electron chi connectivity index (χ3n) is 2.42. The summed E-state index contributed by atoms with van der Waals surface area (Å²) in [4.78, 5) is 11.5. The number of nitrogens with one attached hydrogen (secondary N) is 1. The molecule has 0 aliphatic heterocycles. The molecule has 1 heterocycles. The number of furan rings is 1. The Kier molecular flexibility index (Phi) is 5.82. The van der Waals surface area contributed by atoms with Crippen LogP contribution in [0.4, 0.5) is 4.79 Å². The van der Waals surface area contributed by atoms with Crippen LogP contribution < -0.4 is 11.1 Å². The topological polar surface area (TPSA) is 77.5 Å². The molecule has 1 rings (SSSR count). The highest BCUT2D eigenvalue weighted by Gasteiger charge is 2.16. The summed E-state index contributed by atoms with van der Waals surface area (Å²) in [6.07, 6.45) is 3.80. The summed E-state index contributed by atoms with van der Waals surface area (Å²) < 4.78 is 10.4. The molecule has 0 saturated carbocycles. The molecule has 1 unspecified atom stereocenters. The van der Waals surface area contributed by atoms with Crippen molar-refractivity contribution in [2.24, 2.45) is 5.73 Å². The molecule has 0 spiro atoms. The summed E-state index contributed by atoms with van der Waals surface area (Å²) in [5.41, 5.74) is 6.57. The van der Waals surface area contributed by atoms with E-state index in [-0.39, 0.29) is 6.04 Å². The van der Waals surface area contributed by atoms with Gasteiger partial charge in [-0.1, -0.05) is 5.57 Å². The average molecular weight is 280 g/mol. The second-order valence-electron chi connectivity index (χ2n) is 5.85. The molecule has 0 radical (unpaired) electrons. The van der Waals surface area contributed by atoms with Crippen molar-refractivity contribution in [3.63, 3.8) is 0 Å². The zero-order chi connectivity index (χ0) is 15.2. The van der Waals surface area contributed by atoms with Crippen LogP contribution in [0.2, 0.25) is 0 Å². The summed E-state index contributed by atoms with van der Waals surface area (Å²) in [6, 6.07) is 3.56. The third-order valence-corrected chi connectivity index (χ3v) is 2.42. The van der Waals surface area contributed by atoms with Crippen molar-refractivity contribution < 1.29 is 13.9 Å². The molecule has 1 aromatic heterocycles. The van der Waals surface area contributed by atoms with E-state index in [2.05, 4.69) is 5.32 Å². The zero-order valence-corrected chi connectivity index (χ0v) is 12.6. The Hall–Kier alpha value is -1.75. The largest absolute Gasteiger partial charge is 0.465 e. The molecule has 20 heavy (non-hydrogen) atoms. The Morgan fingerprint density at radius 3 is 2.80 bits per heavy atom. The van der Waals surface area contributed by atoms with Gasteiger partial charge in [0.05, 0.1) is 6.26 Å². The molecule has 1 amide bonds. The van der Waals surface area contributed by atoms with Gasteiger partial charge in [-0.2, -0.15) is 0 Å². The van der Waals surface area contributed by atoms with Gasteiger partial charge in [-0.15, -0.1) is 0 Å². The van der Waals surface area contributed by atoms with Gasteiger partial charge >= 0.3 is 6.09 Å². The summed E-state index contributed by atoms with van der Waals surface area (Å²) in [7, 11) is 0. The van der Waals surface area contributed by atoms with Gasteiger partial charge in [-0.05, 0) is 52.3 Å². The highest BCUT2D eigenvalue weighted by Crippen LogP contribution is 2.11. The first-order chi connectivity index (χ1) is 9.26. The fraction of sp³-hybridized carbons (Fsp3) is 0.533. The first-order valence-electron chi connectivity index (χ1n) is 6.69.